The van der Waals surface area contributed by atoms with Crippen LogP contribution in [0.2, 0.25) is 0 Å². The van der Waals surface area contributed by atoms with Gasteiger partial charge in [-0.3, -0.25) is 24.0 Å². The van der Waals surface area contributed by atoms with Crippen molar-refractivity contribution in [2.45, 2.75) is 6.42 Å². The molecule has 0 atom stereocenters. The number of amides is 5. The van der Waals surface area contributed by atoms with Crippen LogP contribution in [0, 0.1) is 11.5 Å². The van der Waals surface area contributed by atoms with Gasteiger partial charge in [0.1, 0.15) is 28.6 Å². The number of nitrogens with zero attached hydrogens (tertiary/aromatic N) is 6. The Labute approximate surface area is 300 Å². The van der Waals surface area contributed by atoms with Gasteiger partial charge in [0, 0.05) is 65.9 Å². The standard InChI is InChI=1S/C31H33BrN12O5.ClH/c1-17(32)27(45)37-18-9-23(42(3)12-18)29(47)39-20-11-25(44(5)14-20)31(49)40-21-10-24(43(4)15-21)30(48)38-19-8-22(41(2)13-19)28(46)35-7-6-26(34)36-16-33;/h8-15H,1,6-7H2,2-5H3,(H2,34,36)(H,35,46)(H,37,45)(H,38,48)(H,39,47)(H,40,49);1H. The van der Waals surface area contributed by atoms with E-state index in [1.807, 2.05) is 0 Å². The summed E-state index contributed by atoms with van der Waals surface area (Å²) in [4.78, 5) is 67.1. The van der Waals surface area contributed by atoms with E-state index in [1.54, 1.807) is 68.3 Å². The lowest BCUT2D eigenvalue weighted by molar-refractivity contribution is -0.112. The molecule has 19 heteroatoms. The zero-order chi connectivity index (χ0) is 36.0. The molecule has 0 aliphatic rings. The molecule has 4 rings (SSSR count). The molecule has 4 aromatic rings. The molecular weight excluding hydrogens is 736 g/mol. The molecule has 7 N–H and O–H groups in total. The highest BCUT2D eigenvalue weighted by molar-refractivity contribution is 9.12. The lowest BCUT2D eigenvalue weighted by atomic mass is 10.3. The quantitative estimate of drug-likeness (QED) is 0.0546. The number of aromatic nitrogens is 4. The molecule has 4 aromatic heterocycles. The number of carbonyl (C=O) groups is 5. The molecule has 5 amide bonds. The smallest absolute Gasteiger partial charge is 0.272 e. The van der Waals surface area contributed by atoms with Crippen molar-refractivity contribution < 1.29 is 24.0 Å². The van der Waals surface area contributed by atoms with E-state index >= 15 is 0 Å². The lowest BCUT2D eigenvalue weighted by Gasteiger charge is -2.05. The number of aryl methyl sites for hydroxylation is 4. The van der Waals surface area contributed by atoms with Gasteiger partial charge in [-0.2, -0.15) is 10.3 Å². The van der Waals surface area contributed by atoms with Crippen LogP contribution in [0.1, 0.15) is 48.4 Å². The van der Waals surface area contributed by atoms with Gasteiger partial charge in [-0.15, -0.1) is 12.4 Å². The van der Waals surface area contributed by atoms with Crippen LogP contribution in [0.4, 0.5) is 22.7 Å². The summed E-state index contributed by atoms with van der Waals surface area (Å²) in [7, 11) is 6.58. The van der Waals surface area contributed by atoms with Crippen molar-refractivity contribution in [1.29, 1.82) is 5.26 Å². The highest BCUT2D eigenvalue weighted by Gasteiger charge is 2.20. The van der Waals surface area contributed by atoms with Crippen LogP contribution in [-0.2, 0) is 33.0 Å². The molecule has 0 aromatic carbocycles. The molecule has 0 spiro atoms. The number of halogens is 2. The van der Waals surface area contributed by atoms with Crippen molar-refractivity contribution in [2.24, 2.45) is 38.9 Å². The van der Waals surface area contributed by atoms with E-state index in [2.05, 4.69) is 54.1 Å². The summed E-state index contributed by atoms with van der Waals surface area (Å²) < 4.78 is 6.31. The molecule has 0 fully saturated rings. The van der Waals surface area contributed by atoms with Crippen molar-refractivity contribution in [3.63, 3.8) is 0 Å². The summed E-state index contributed by atoms with van der Waals surface area (Å²) in [6.07, 6.45) is 8.08. The summed E-state index contributed by atoms with van der Waals surface area (Å²) in [5, 5.41) is 22.1. The summed E-state index contributed by atoms with van der Waals surface area (Å²) in [5.41, 5.74) is 8.05. The topological polar surface area (TPSA) is 227 Å². The maximum absolute atomic E-state index is 13.2. The Hall–Kier alpha value is -6.06. The van der Waals surface area contributed by atoms with Crippen LogP contribution in [0.5, 0.6) is 0 Å². The maximum atomic E-state index is 13.2. The van der Waals surface area contributed by atoms with Crippen LogP contribution in [0.3, 0.4) is 0 Å². The minimum absolute atomic E-state index is 0. The molecule has 0 bridgehead atoms. The first-order valence-corrected chi connectivity index (χ1v) is 15.2. The number of rotatable bonds is 12. The first kappa shape index (κ1) is 38.4. The predicted molar refractivity (Wildman–Crippen MR) is 194 cm³/mol. The fourth-order valence-electron chi connectivity index (χ4n) is 4.73. The zero-order valence-electron chi connectivity index (χ0n) is 27.3. The molecule has 0 radical (unpaired) electrons. The second-order valence-corrected chi connectivity index (χ2v) is 11.8. The van der Waals surface area contributed by atoms with E-state index in [4.69, 9.17) is 11.0 Å². The van der Waals surface area contributed by atoms with E-state index in [0.29, 0.717) is 22.7 Å². The number of nitrogens with one attached hydrogen (secondary N) is 5. The monoisotopic (exact) mass is 768 g/mol. The van der Waals surface area contributed by atoms with E-state index in [-0.39, 0.29) is 58.5 Å². The van der Waals surface area contributed by atoms with Crippen LogP contribution in [-0.4, -0.2) is 60.2 Å². The molecule has 4 heterocycles. The van der Waals surface area contributed by atoms with Gasteiger partial charge in [0.05, 0.1) is 27.2 Å². The summed E-state index contributed by atoms with van der Waals surface area (Å²) in [5.74, 6) is -2.18. The van der Waals surface area contributed by atoms with Gasteiger partial charge >= 0.3 is 0 Å². The lowest BCUT2D eigenvalue weighted by Crippen LogP contribution is -2.29. The number of hydrogen-bond acceptors (Lipinski definition) is 7. The summed E-state index contributed by atoms with van der Waals surface area (Å²) >= 11 is 3.01. The molecule has 50 heavy (non-hydrogen) atoms. The second-order valence-electron chi connectivity index (χ2n) is 10.8. The zero-order valence-corrected chi connectivity index (χ0v) is 29.7. The van der Waals surface area contributed by atoms with Gasteiger partial charge in [-0.25, -0.2) is 0 Å². The Bertz CT molecular complexity index is 2060. The van der Waals surface area contributed by atoms with Gasteiger partial charge in [-0.1, -0.05) is 6.58 Å². The number of amidine groups is 1. The minimum Gasteiger partial charge on any atom is -0.386 e. The van der Waals surface area contributed by atoms with Crippen molar-refractivity contribution in [2.75, 3.05) is 27.8 Å². The summed E-state index contributed by atoms with van der Waals surface area (Å²) in [6, 6.07) is 6.01. The predicted octanol–water partition coefficient (Wildman–Crippen LogP) is 3.02. The highest BCUT2D eigenvalue weighted by atomic mass is 79.9. The van der Waals surface area contributed by atoms with Gasteiger partial charge in [0.2, 0.25) is 6.19 Å². The maximum Gasteiger partial charge on any atom is 0.272 e. The van der Waals surface area contributed by atoms with Gasteiger partial charge in [0.25, 0.3) is 29.5 Å². The van der Waals surface area contributed by atoms with Crippen molar-refractivity contribution >= 4 is 86.5 Å². The number of anilines is 4. The normalized spacial score (nSPS) is 10.8. The number of carbonyl (C=O) groups excluding carboxylic acids is 5. The number of nitriles is 1. The molecule has 0 aliphatic carbocycles. The Morgan fingerprint density at radius 3 is 1.40 bits per heavy atom. The third-order valence-electron chi connectivity index (χ3n) is 7.09. The molecular formula is C31H34BrClN12O5. The second kappa shape index (κ2) is 16.4. The van der Waals surface area contributed by atoms with Crippen LogP contribution < -0.4 is 32.3 Å². The SMILES string of the molecule is C=C(Br)C(=O)Nc1cc(C(=O)Nc2cc(C(=O)Nc3cc(C(=O)Nc4cc(C(=O)NCCC(N)=NC#N)n(C)c4)n(C)c3)n(C)c2)n(C)c1.Cl. The van der Waals surface area contributed by atoms with E-state index in [0.717, 1.165) is 0 Å². The number of hydrogen-bond donors (Lipinski definition) is 6. The number of nitrogens with two attached hydrogens (primary N) is 1. The Morgan fingerprint density at radius 1 is 0.720 bits per heavy atom. The van der Waals surface area contributed by atoms with Crippen molar-refractivity contribution in [1.82, 2.24) is 23.6 Å². The molecule has 262 valence electrons. The number of aliphatic imine (C=N–C) groups is 1. The van der Waals surface area contributed by atoms with Crippen LogP contribution in [0.15, 0.2) is 65.1 Å². The minimum atomic E-state index is -0.487. The van der Waals surface area contributed by atoms with Crippen molar-refractivity contribution in [3.8, 4) is 6.19 Å². The van der Waals surface area contributed by atoms with Gasteiger partial charge in [0.15, 0.2) is 0 Å². The fourth-order valence-corrected chi connectivity index (χ4v) is 4.83. The van der Waals surface area contributed by atoms with E-state index < -0.39 is 29.5 Å². The van der Waals surface area contributed by atoms with E-state index in [1.165, 1.54) is 33.4 Å². The van der Waals surface area contributed by atoms with Gasteiger partial charge in [-0.05, 0) is 40.2 Å². The van der Waals surface area contributed by atoms with Crippen LogP contribution >= 0.6 is 28.3 Å². The molecule has 0 aliphatic heterocycles. The molecule has 0 saturated heterocycles. The third kappa shape index (κ3) is 9.30. The first-order valence-electron chi connectivity index (χ1n) is 14.4. The Kier molecular flexibility index (Phi) is 12.6. The fraction of sp³-hybridized carbons (Fsp3) is 0.194. The average Bonchev–Trinajstić information content (AvgIpc) is 3.78. The first-order chi connectivity index (χ1) is 23.2. The van der Waals surface area contributed by atoms with Gasteiger partial charge < -0.3 is 50.6 Å². The Balaban J connectivity index is 0.00000676. The van der Waals surface area contributed by atoms with Crippen LogP contribution in [0.25, 0.3) is 0 Å². The Morgan fingerprint density at radius 2 is 1.06 bits per heavy atom. The summed E-state index contributed by atoms with van der Waals surface area (Å²) in [6.45, 7) is 3.69. The van der Waals surface area contributed by atoms with Crippen molar-refractivity contribution in [3.05, 3.63) is 82.9 Å². The largest absolute Gasteiger partial charge is 0.386 e. The average molecular weight is 770 g/mol. The molecule has 17 nitrogen and oxygen atoms in total. The van der Waals surface area contributed by atoms with E-state index in [9.17, 15) is 24.0 Å². The highest BCUT2D eigenvalue weighted by Crippen LogP contribution is 2.21. The third-order valence-corrected chi connectivity index (χ3v) is 7.45. The molecule has 0 unspecified atom stereocenters. The molecule has 0 saturated carbocycles.